The maximum absolute atomic E-state index is 11.2. The molecule has 2 aromatic heterocycles. The Morgan fingerprint density at radius 3 is 2.65 bits per heavy atom. The van der Waals surface area contributed by atoms with Gasteiger partial charge in [-0.2, -0.15) is 5.10 Å². The highest BCUT2D eigenvalue weighted by Gasteiger charge is 2.19. The van der Waals surface area contributed by atoms with Gasteiger partial charge in [-0.05, 0) is 0 Å². The van der Waals surface area contributed by atoms with Crippen LogP contribution in [0.4, 0.5) is 5.69 Å². The number of nitro groups is 1. The van der Waals surface area contributed by atoms with E-state index in [1.165, 1.54) is 6.20 Å². The zero-order chi connectivity index (χ0) is 14.9. The molecular formula is C11H11N5O4. The molecule has 0 spiro atoms. The largest absolute Gasteiger partial charge is 0.476 e. The van der Waals surface area contributed by atoms with Gasteiger partial charge in [0.25, 0.3) is 0 Å². The van der Waals surface area contributed by atoms with Crippen LogP contribution in [0.25, 0.3) is 5.69 Å². The van der Waals surface area contributed by atoms with Gasteiger partial charge in [0, 0.05) is 5.92 Å². The molecule has 0 fully saturated rings. The van der Waals surface area contributed by atoms with E-state index in [9.17, 15) is 20.0 Å². The molecule has 0 aliphatic rings. The van der Waals surface area contributed by atoms with Gasteiger partial charge in [0.1, 0.15) is 23.9 Å². The van der Waals surface area contributed by atoms with Crippen molar-refractivity contribution in [2.45, 2.75) is 19.8 Å². The minimum atomic E-state index is -1.25. The van der Waals surface area contributed by atoms with Crippen molar-refractivity contribution in [2.24, 2.45) is 0 Å². The fourth-order valence-electron chi connectivity index (χ4n) is 1.53. The highest BCUT2D eigenvalue weighted by Crippen LogP contribution is 2.18. The zero-order valence-corrected chi connectivity index (χ0v) is 10.7. The molecule has 0 unspecified atom stereocenters. The van der Waals surface area contributed by atoms with Crippen molar-refractivity contribution in [3.05, 3.63) is 40.2 Å². The van der Waals surface area contributed by atoms with Crippen molar-refractivity contribution in [1.82, 2.24) is 19.7 Å². The van der Waals surface area contributed by atoms with Gasteiger partial charge in [-0.3, -0.25) is 10.1 Å². The van der Waals surface area contributed by atoms with Crippen LogP contribution >= 0.6 is 0 Å². The lowest BCUT2D eigenvalue weighted by Crippen LogP contribution is -2.12. The maximum Gasteiger partial charge on any atom is 0.356 e. The summed E-state index contributed by atoms with van der Waals surface area (Å²) in [5, 5.41) is 23.6. The molecule has 0 aliphatic carbocycles. The molecule has 2 heterocycles. The van der Waals surface area contributed by atoms with Crippen molar-refractivity contribution in [3.63, 3.8) is 0 Å². The van der Waals surface area contributed by atoms with Crippen LogP contribution in [0.5, 0.6) is 0 Å². The lowest BCUT2D eigenvalue weighted by molar-refractivity contribution is -0.384. The molecule has 0 amide bonds. The summed E-state index contributed by atoms with van der Waals surface area (Å²) in [7, 11) is 0. The molecule has 0 aromatic carbocycles. The Labute approximate surface area is 113 Å². The molecule has 9 nitrogen and oxygen atoms in total. The van der Waals surface area contributed by atoms with Crippen molar-refractivity contribution in [1.29, 1.82) is 0 Å². The Morgan fingerprint density at radius 1 is 1.45 bits per heavy atom. The monoisotopic (exact) mass is 277 g/mol. The van der Waals surface area contributed by atoms with E-state index in [1.54, 1.807) is 0 Å². The minimum Gasteiger partial charge on any atom is -0.476 e. The second kappa shape index (κ2) is 5.03. The van der Waals surface area contributed by atoms with Crippen LogP contribution in [-0.2, 0) is 0 Å². The standard InChI is InChI=1S/C11H11N5O4/c1-6(2)10-12-4-8(9(14-10)11(17)18)15-5-7(3-13-15)16(19)20/h3-6H,1-2H3,(H,17,18). The molecule has 0 atom stereocenters. The summed E-state index contributed by atoms with van der Waals surface area (Å²) in [6.45, 7) is 3.67. The molecule has 1 N–H and O–H groups in total. The third-order valence-electron chi connectivity index (χ3n) is 2.53. The van der Waals surface area contributed by atoms with E-state index < -0.39 is 10.9 Å². The van der Waals surface area contributed by atoms with Gasteiger partial charge >= 0.3 is 11.7 Å². The Kier molecular flexibility index (Phi) is 3.42. The molecule has 0 radical (unpaired) electrons. The third-order valence-corrected chi connectivity index (χ3v) is 2.53. The van der Waals surface area contributed by atoms with E-state index in [1.807, 2.05) is 13.8 Å². The van der Waals surface area contributed by atoms with Crippen LogP contribution < -0.4 is 0 Å². The first-order chi connectivity index (χ1) is 9.40. The summed E-state index contributed by atoms with van der Waals surface area (Å²) in [6.07, 6.45) is 3.44. The predicted octanol–water partition coefficient (Wildman–Crippen LogP) is 1.39. The SMILES string of the molecule is CC(C)c1ncc(-n2cc([N+](=O)[O-])cn2)c(C(=O)O)n1. The summed E-state index contributed by atoms with van der Waals surface area (Å²) in [5.41, 5.74) is -0.411. The van der Waals surface area contributed by atoms with Gasteiger partial charge < -0.3 is 5.11 Å². The van der Waals surface area contributed by atoms with Crippen LogP contribution in [0, 0.1) is 10.1 Å². The summed E-state index contributed by atoms with van der Waals surface area (Å²) in [4.78, 5) is 29.2. The van der Waals surface area contributed by atoms with Crippen molar-refractivity contribution in [2.75, 3.05) is 0 Å². The van der Waals surface area contributed by atoms with Crippen LogP contribution in [0.3, 0.4) is 0 Å². The topological polar surface area (TPSA) is 124 Å². The van der Waals surface area contributed by atoms with Gasteiger partial charge in [-0.1, -0.05) is 13.8 Å². The first-order valence-corrected chi connectivity index (χ1v) is 5.69. The molecule has 0 aliphatic heterocycles. The number of nitrogens with zero attached hydrogens (tertiary/aromatic N) is 5. The molecular weight excluding hydrogens is 266 g/mol. The Morgan fingerprint density at radius 2 is 2.15 bits per heavy atom. The van der Waals surface area contributed by atoms with E-state index in [0.717, 1.165) is 17.1 Å². The van der Waals surface area contributed by atoms with Gasteiger partial charge in [0.05, 0.1) is 11.1 Å². The zero-order valence-electron chi connectivity index (χ0n) is 10.7. The van der Waals surface area contributed by atoms with Gasteiger partial charge in [-0.15, -0.1) is 0 Å². The summed E-state index contributed by atoms with van der Waals surface area (Å²) in [5.74, 6) is -0.899. The Hall–Kier alpha value is -2.84. The quantitative estimate of drug-likeness (QED) is 0.661. The number of rotatable bonds is 4. The number of hydrogen-bond acceptors (Lipinski definition) is 6. The Balaban J connectivity index is 2.54. The number of aromatic nitrogens is 4. The van der Waals surface area contributed by atoms with Gasteiger partial charge in [0.15, 0.2) is 5.69 Å². The number of aromatic carboxylic acids is 1. The maximum atomic E-state index is 11.2. The van der Waals surface area contributed by atoms with Crippen molar-refractivity contribution >= 4 is 11.7 Å². The van der Waals surface area contributed by atoms with Crippen LogP contribution in [0.2, 0.25) is 0 Å². The first kappa shape index (κ1) is 13.6. The van der Waals surface area contributed by atoms with E-state index in [4.69, 9.17) is 0 Å². The second-order valence-corrected chi connectivity index (χ2v) is 4.32. The summed E-state index contributed by atoms with van der Waals surface area (Å²) >= 11 is 0. The van der Waals surface area contributed by atoms with E-state index in [-0.39, 0.29) is 23.0 Å². The van der Waals surface area contributed by atoms with Crippen molar-refractivity contribution in [3.8, 4) is 5.69 Å². The molecule has 20 heavy (non-hydrogen) atoms. The lowest BCUT2D eigenvalue weighted by Gasteiger charge is -2.08. The smallest absolute Gasteiger partial charge is 0.356 e. The predicted molar refractivity (Wildman–Crippen MR) is 66.9 cm³/mol. The highest BCUT2D eigenvalue weighted by molar-refractivity contribution is 5.89. The van der Waals surface area contributed by atoms with Crippen LogP contribution in [0.15, 0.2) is 18.6 Å². The first-order valence-electron chi connectivity index (χ1n) is 5.69. The molecule has 2 rings (SSSR count). The molecule has 2 aromatic rings. The van der Waals surface area contributed by atoms with E-state index in [0.29, 0.717) is 5.82 Å². The number of hydrogen-bond donors (Lipinski definition) is 1. The second-order valence-electron chi connectivity index (χ2n) is 4.32. The van der Waals surface area contributed by atoms with E-state index >= 15 is 0 Å². The number of carbonyl (C=O) groups is 1. The summed E-state index contributed by atoms with van der Waals surface area (Å²) in [6, 6.07) is 0. The summed E-state index contributed by atoms with van der Waals surface area (Å²) < 4.78 is 1.08. The molecule has 0 saturated carbocycles. The molecule has 0 bridgehead atoms. The average molecular weight is 277 g/mol. The normalized spacial score (nSPS) is 10.8. The van der Waals surface area contributed by atoms with E-state index in [2.05, 4.69) is 15.1 Å². The fraction of sp³-hybridized carbons (Fsp3) is 0.273. The van der Waals surface area contributed by atoms with Crippen LogP contribution in [0.1, 0.15) is 36.1 Å². The van der Waals surface area contributed by atoms with Gasteiger partial charge in [0.2, 0.25) is 0 Å². The molecule has 0 saturated heterocycles. The van der Waals surface area contributed by atoms with Crippen molar-refractivity contribution < 1.29 is 14.8 Å². The lowest BCUT2D eigenvalue weighted by atomic mass is 10.2. The third kappa shape index (κ3) is 2.46. The van der Waals surface area contributed by atoms with Gasteiger partial charge in [-0.25, -0.2) is 19.4 Å². The number of carboxylic acid groups (broad SMARTS) is 1. The fourth-order valence-corrected chi connectivity index (χ4v) is 1.53. The highest BCUT2D eigenvalue weighted by atomic mass is 16.6. The Bertz CT molecular complexity index is 679. The number of carboxylic acids is 1. The minimum absolute atomic E-state index is 0.0332. The average Bonchev–Trinajstić information content (AvgIpc) is 2.87. The molecule has 104 valence electrons. The molecule has 9 heteroatoms. The van der Waals surface area contributed by atoms with Crippen LogP contribution in [-0.4, -0.2) is 35.7 Å².